The molecule has 0 spiro atoms. The van der Waals surface area contributed by atoms with Gasteiger partial charge in [0.05, 0.1) is 5.69 Å². The van der Waals surface area contributed by atoms with Gasteiger partial charge in [0.2, 0.25) is 0 Å². The van der Waals surface area contributed by atoms with Crippen LogP contribution in [0.3, 0.4) is 0 Å². The molecule has 5 rings (SSSR count). The Bertz CT molecular complexity index is 1320. The molecule has 3 heterocycles. The first-order valence-electron chi connectivity index (χ1n) is 10.9. The Kier molecular flexibility index (Phi) is 4.97. The van der Waals surface area contributed by atoms with E-state index in [0.29, 0.717) is 10.6 Å². The van der Waals surface area contributed by atoms with Gasteiger partial charge < -0.3 is 11.1 Å². The number of nitrogen functional groups attached to an aromatic ring is 1. The van der Waals surface area contributed by atoms with E-state index in [-0.39, 0.29) is 11.3 Å². The van der Waals surface area contributed by atoms with Gasteiger partial charge in [-0.05, 0) is 54.0 Å². The predicted octanol–water partition coefficient (Wildman–Crippen LogP) is 5.98. The van der Waals surface area contributed by atoms with E-state index in [1.54, 1.807) is 6.20 Å². The van der Waals surface area contributed by atoms with Crippen molar-refractivity contribution < 1.29 is 4.79 Å². The maximum atomic E-state index is 13.2. The Balaban J connectivity index is 1.56. The van der Waals surface area contributed by atoms with Crippen LogP contribution in [-0.4, -0.2) is 15.9 Å². The largest absolute Gasteiger partial charge is 0.397 e. The predicted molar refractivity (Wildman–Crippen MR) is 132 cm³/mol. The van der Waals surface area contributed by atoms with E-state index < -0.39 is 0 Å². The number of aromatic nitrogens is 2. The number of fused-ring (bicyclic) bond motifs is 2. The second-order valence-electron chi connectivity index (χ2n) is 9.31. The molecular formula is C26H26N4OS. The van der Waals surface area contributed by atoms with Gasteiger partial charge in [-0.2, -0.15) is 0 Å². The van der Waals surface area contributed by atoms with Crippen molar-refractivity contribution in [2.75, 3.05) is 11.1 Å². The average Bonchev–Trinajstić information content (AvgIpc) is 3.37. The first kappa shape index (κ1) is 20.6. The minimum atomic E-state index is -0.202. The van der Waals surface area contributed by atoms with Gasteiger partial charge in [0.25, 0.3) is 5.91 Å². The number of hydrogen-bond acceptors (Lipinski definition) is 5. The van der Waals surface area contributed by atoms with E-state index in [9.17, 15) is 4.79 Å². The summed E-state index contributed by atoms with van der Waals surface area (Å²) in [6.07, 6.45) is 6.64. The SMILES string of the molecule is CC(C)(C)c1ccc(NC(=O)c2sc3nc4c(c(-c5cccnc5)c3c2N)CCC4)cc1. The molecule has 0 atom stereocenters. The number of benzene rings is 1. The molecule has 32 heavy (non-hydrogen) atoms. The van der Waals surface area contributed by atoms with Crippen molar-refractivity contribution in [2.24, 2.45) is 0 Å². The zero-order valence-corrected chi connectivity index (χ0v) is 19.3. The lowest BCUT2D eigenvalue weighted by atomic mass is 9.87. The maximum Gasteiger partial charge on any atom is 0.267 e. The number of nitrogens with two attached hydrogens (primary N) is 1. The summed E-state index contributed by atoms with van der Waals surface area (Å²) in [6, 6.07) is 12.0. The van der Waals surface area contributed by atoms with Crippen LogP contribution in [0.5, 0.6) is 0 Å². The van der Waals surface area contributed by atoms with Crippen molar-refractivity contribution in [1.82, 2.24) is 9.97 Å². The standard InChI is InChI=1S/C26H26N4OS/c1-26(2,3)16-9-11-17(12-10-16)29-24(31)23-22(27)21-20(15-6-5-13-28-14-15)18-7-4-8-19(18)30-25(21)32-23/h5-6,9-14H,4,7-8,27H2,1-3H3,(H,29,31). The molecule has 1 aromatic carbocycles. The molecule has 0 bridgehead atoms. The van der Waals surface area contributed by atoms with Crippen LogP contribution in [0.15, 0.2) is 48.8 Å². The molecule has 3 N–H and O–H groups in total. The molecule has 1 amide bonds. The van der Waals surface area contributed by atoms with Crippen LogP contribution in [-0.2, 0) is 18.3 Å². The highest BCUT2D eigenvalue weighted by Crippen LogP contribution is 2.44. The zero-order chi connectivity index (χ0) is 22.5. The number of nitrogens with one attached hydrogen (secondary N) is 1. The Morgan fingerprint density at radius 1 is 1.12 bits per heavy atom. The monoisotopic (exact) mass is 442 g/mol. The summed E-state index contributed by atoms with van der Waals surface area (Å²) >= 11 is 1.36. The van der Waals surface area contributed by atoms with Gasteiger partial charge >= 0.3 is 0 Å². The maximum absolute atomic E-state index is 13.2. The van der Waals surface area contributed by atoms with Crippen molar-refractivity contribution in [2.45, 2.75) is 45.4 Å². The van der Waals surface area contributed by atoms with Crippen LogP contribution in [0, 0.1) is 0 Å². The molecule has 162 valence electrons. The van der Waals surface area contributed by atoms with Gasteiger partial charge in [0.1, 0.15) is 9.71 Å². The third-order valence-electron chi connectivity index (χ3n) is 6.07. The summed E-state index contributed by atoms with van der Waals surface area (Å²) in [7, 11) is 0. The van der Waals surface area contributed by atoms with E-state index >= 15 is 0 Å². The summed E-state index contributed by atoms with van der Waals surface area (Å²) in [6.45, 7) is 6.51. The number of nitrogens with zero attached hydrogens (tertiary/aromatic N) is 2. The first-order chi connectivity index (χ1) is 15.3. The molecular weight excluding hydrogens is 416 g/mol. The Hall–Kier alpha value is -3.25. The Labute approximate surface area is 191 Å². The highest BCUT2D eigenvalue weighted by atomic mass is 32.1. The fraction of sp³-hybridized carbons (Fsp3) is 0.269. The lowest BCUT2D eigenvalue weighted by molar-refractivity contribution is 0.103. The molecule has 6 heteroatoms. The molecule has 0 aliphatic heterocycles. The second-order valence-corrected chi connectivity index (χ2v) is 10.3. The van der Waals surface area contributed by atoms with Gasteiger partial charge in [-0.1, -0.05) is 39.0 Å². The molecule has 0 saturated carbocycles. The summed E-state index contributed by atoms with van der Waals surface area (Å²) in [5.41, 5.74) is 13.6. The second kappa shape index (κ2) is 7.71. The number of amides is 1. The third kappa shape index (κ3) is 3.54. The van der Waals surface area contributed by atoms with Crippen LogP contribution in [0.4, 0.5) is 11.4 Å². The van der Waals surface area contributed by atoms with Crippen molar-refractivity contribution in [3.8, 4) is 11.1 Å². The van der Waals surface area contributed by atoms with E-state index in [4.69, 9.17) is 10.7 Å². The van der Waals surface area contributed by atoms with E-state index in [1.165, 1.54) is 22.5 Å². The fourth-order valence-corrected chi connectivity index (χ4v) is 5.40. The van der Waals surface area contributed by atoms with Crippen LogP contribution >= 0.6 is 11.3 Å². The zero-order valence-electron chi connectivity index (χ0n) is 18.5. The topological polar surface area (TPSA) is 80.9 Å². The van der Waals surface area contributed by atoms with Gasteiger partial charge in [-0.25, -0.2) is 4.98 Å². The minimum absolute atomic E-state index is 0.0627. The van der Waals surface area contributed by atoms with Crippen molar-refractivity contribution >= 4 is 38.8 Å². The smallest absolute Gasteiger partial charge is 0.267 e. The van der Waals surface area contributed by atoms with Gasteiger partial charge in [0.15, 0.2) is 0 Å². The molecule has 1 aliphatic carbocycles. The Morgan fingerprint density at radius 3 is 2.59 bits per heavy atom. The quantitative estimate of drug-likeness (QED) is 0.409. The average molecular weight is 443 g/mol. The number of rotatable bonds is 3. The number of aryl methyl sites for hydroxylation is 1. The highest BCUT2D eigenvalue weighted by Gasteiger charge is 2.26. The molecule has 0 saturated heterocycles. The molecule has 5 nitrogen and oxygen atoms in total. The van der Waals surface area contributed by atoms with E-state index in [2.05, 4.69) is 43.2 Å². The summed E-state index contributed by atoms with van der Waals surface area (Å²) in [4.78, 5) is 23.7. The van der Waals surface area contributed by atoms with E-state index in [1.807, 2.05) is 30.5 Å². The third-order valence-corrected chi connectivity index (χ3v) is 7.17. The summed E-state index contributed by atoms with van der Waals surface area (Å²) in [5, 5.41) is 3.88. The normalized spacial score (nSPS) is 13.3. The fourth-order valence-electron chi connectivity index (χ4n) is 4.38. The van der Waals surface area contributed by atoms with Crippen LogP contribution in [0.1, 0.15) is 53.7 Å². The van der Waals surface area contributed by atoms with Gasteiger partial charge in [0, 0.05) is 40.3 Å². The number of carbonyl (C=O) groups is 1. The number of pyridine rings is 2. The van der Waals surface area contributed by atoms with Gasteiger partial charge in [-0.3, -0.25) is 9.78 Å². The van der Waals surface area contributed by atoms with Gasteiger partial charge in [-0.15, -0.1) is 11.3 Å². The number of thiophene rings is 1. The van der Waals surface area contributed by atoms with Crippen molar-refractivity contribution in [3.63, 3.8) is 0 Å². The molecule has 0 fully saturated rings. The lowest BCUT2D eigenvalue weighted by Crippen LogP contribution is -2.13. The minimum Gasteiger partial charge on any atom is -0.397 e. The lowest BCUT2D eigenvalue weighted by Gasteiger charge is -2.19. The van der Waals surface area contributed by atoms with Crippen LogP contribution in [0.2, 0.25) is 0 Å². The van der Waals surface area contributed by atoms with Crippen LogP contribution < -0.4 is 11.1 Å². The number of carbonyl (C=O) groups excluding carboxylic acids is 1. The highest BCUT2D eigenvalue weighted by molar-refractivity contribution is 7.21. The summed E-state index contributed by atoms with van der Waals surface area (Å²) < 4.78 is 0. The molecule has 3 aromatic heterocycles. The van der Waals surface area contributed by atoms with E-state index in [0.717, 1.165) is 52.0 Å². The molecule has 1 aliphatic rings. The van der Waals surface area contributed by atoms with Crippen molar-refractivity contribution in [3.05, 3.63) is 70.5 Å². The number of anilines is 2. The van der Waals surface area contributed by atoms with Crippen LogP contribution in [0.25, 0.3) is 21.3 Å². The van der Waals surface area contributed by atoms with Crippen molar-refractivity contribution in [1.29, 1.82) is 0 Å². The number of hydrogen-bond donors (Lipinski definition) is 2. The Morgan fingerprint density at radius 2 is 1.91 bits per heavy atom. The first-order valence-corrected chi connectivity index (χ1v) is 11.7. The molecule has 0 radical (unpaired) electrons. The molecule has 4 aromatic rings. The molecule has 0 unspecified atom stereocenters. The summed E-state index contributed by atoms with van der Waals surface area (Å²) in [5.74, 6) is -0.202.